The first-order valence-corrected chi connectivity index (χ1v) is 8.29. The summed E-state index contributed by atoms with van der Waals surface area (Å²) in [6.07, 6.45) is 0. The molecule has 0 aliphatic rings. The fourth-order valence-corrected chi connectivity index (χ4v) is 4.03. The van der Waals surface area contributed by atoms with Crippen LogP contribution in [-0.4, -0.2) is 13.5 Å². The van der Waals surface area contributed by atoms with Crippen LogP contribution in [0.25, 0.3) is 0 Å². The van der Waals surface area contributed by atoms with Crippen LogP contribution in [0.1, 0.15) is 11.1 Å². The maximum atomic E-state index is 13.3. The SMILES string of the molecule is Cc1cc(F)cc(NS(=O)(=O)c2ccc(CO)cc2Br)c1. The monoisotopic (exact) mass is 373 g/mol. The Morgan fingerprint density at radius 3 is 2.52 bits per heavy atom. The molecule has 0 bridgehead atoms. The highest BCUT2D eigenvalue weighted by Crippen LogP contribution is 2.26. The van der Waals surface area contributed by atoms with E-state index in [0.717, 1.165) is 6.07 Å². The third-order valence-electron chi connectivity index (χ3n) is 2.76. The fraction of sp³-hybridized carbons (Fsp3) is 0.143. The molecule has 0 atom stereocenters. The lowest BCUT2D eigenvalue weighted by atomic mass is 10.2. The Kier molecular flexibility index (Phi) is 4.65. The van der Waals surface area contributed by atoms with E-state index >= 15 is 0 Å². The molecule has 0 heterocycles. The lowest BCUT2D eigenvalue weighted by Crippen LogP contribution is -2.14. The van der Waals surface area contributed by atoms with Crippen molar-refractivity contribution < 1.29 is 17.9 Å². The third-order valence-corrected chi connectivity index (χ3v) is 5.12. The first-order chi connectivity index (χ1) is 9.81. The summed E-state index contributed by atoms with van der Waals surface area (Å²) in [7, 11) is -3.85. The van der Waals surface area contributed by atoms with Crippen molar-refractivity contribution in [3.05, 3.63) is 57.8 Å². The van der Waals surface area contributed by atoms with Crippen molar-refractivity contribution in [2.24, 2.45) is 0 Å². The number of nitrogens with one attached hydrogen (secondary N) is 1. The predicted molar refractivity (Wildman–Crippen MR) is 82.0 cm³/mol. The summed E-state index contributed by atoms with van der Waals surface area (Å²) >= 11 is 3.16. The largest absolute Gasteiger partial charge is 0.392 e. The van der Waals surface area contributed by atoms with Crippen molar-refractivity contribution in [3.63, 3.8) is 0 Å². The van der Waals surface area contributed by atoms with E-state index in [1.165, 1.54) is 30.3 Å². The number of hydrogen-bond acceptors (Lipinski definition) is 3. The van der Waals surface area contributed by atoms with Crippen molar-refractivity contribution in [1.29, 1.82) is 0 Å². The maximum absolute atomic E-state index is 13.3. The average molecular weight is 374 g/mol. The number of rotatable bonds is 4. The molecule has 21 heavy (non-hydrogen) atoms. The number of hydrogen-bond donors (Lipinski definition) is 2. The van der Waals surface area contributed by atoms with Crippen LogP contribution in [0.2, 0.25) is 0 Å². The number of aliphatic hydroxyl groups is 1. The van der Waals surface area contributed by atoms with E-state index < -0.39 is 15.8 Å². The molecule has 112 valence electrons. The van der Waals surface area contributed by atoms with Crippen LogP contribution >= 0.6 is 15.9 Å². The molecule has 0 unspecified atom stereocenters. The summed E-state index contributed by atoms with van der Waals surface area (Å²) < 4.78 is 40.6. The third kappa shape index (κ3) is 3.81. The molecule has 0 aromatic heterocycles. The summed E-state index contributed by atoms with van der Waals surface area (Å²) in [5, 5.41) is 9.02. The minimum Gasteiger partial charge on any atom is -0.392 e. The number of aliphatic hydroxyl groups excluding tert-OH is 1. The van der Waals surface area contributed by atoms with Crippen molar-refractivity contribution in [1.82, 2.24) is 0 Å². The molecule has 0 amide bonds. The zero-order chi connectivity index (χ0) is 15.6. The number of sulfonamides is 1. The van der Waals surface area contributed by atoms with E-state index in [9.17, 15) is 12.8 Å². The molecule has 0 aliphatic heterocycles. The van der Waals surface area contributed by atoms with E-state index in [2.05, 4.69) is 20.7 Å². The van der Waals surface area contributed by atoms with Gasteiger partial charge in [0.2, 0.25) is 0 Å². The molecule has 7 heteroatoms. The van der Waals surface area contributed by atoms with Crippen LogP contribution in [0.4, 0.5) is 10.1 Å². The van der Waals surface area contributed by atoms with Crippen LogP contribution in [0.3, 0.4) is 0 Å². The van der Waals surface area contributed by atoms with Gasteiger partial charge < -0.3 is 5.11 Å². The van der Waals surface area contributed by atoms with Crippen LogP contribution in [-0.2, 0) is 16.6 Å². The second-order valence-electron chi connectivity index (χ2n) is 4.55. The molecule has 0 saturated carbocycles. The van der Waals surface area contributed by atoms with Gasteiger partial charge in [0.15, 0.2) is 0 Å². The van der Waals surface area contributed by atoms with Gasteiger partial charge in [0.05, 0.1) is 12.3 Å². The number of anilines is 1. The Balaban J connectivity index is 2.38. The van der Waals surface area contributed by atoms with E-state index in [0.29, 0.717) is 15.6 Å². The first kappa shape index (κ1) is 15.9. The van der Waals surface area contributed by atoms with Gasteiger partial charge in [-0.3, -0.25) is 4.72 Å². The van der Waals surface area contributed by atoms with Gasteiger partial charge in [0.25, 0.3) is 10.0 Å². The van der Waals surface area contributed by atoms with Gasteiger partial charge in [-0.1, -0.05) is 6.07 Å². The topological polar surface area (TPSA) is 66.4 Å². The molecule has 0 radical (unpaired) electrons. The molecule has 4 nitrogen and oxygen atoms in total. The molecular formula is C14H13BrFNO3S. The van der Waals surface area contributed by atoms with Crippen molar-refractivity contribution in [2.75, 3.05) is 4.72 Å². The molecule has 2 aromatic carbocycles. The van der Waals surface area contributed by atoms with Gasteiger partial charge in [0.1, 0.15) is 10.7 Å². The highest BCUT2D eigenvalue weighted by Gasteiger charge is 2.18. The second kappa shape index (κ2) is 6.13. The minimum atomic E-state index is -3.85. The van der Waals surface area contributed by atoms with Gasteiger partial charge in [0, 0.05) is 4.47 Å². The number of benzene rings is 2. The van der Waals surface area contributed by atoms with E-state index in [1.54, 1.807) is 6.92 Å². The van der Waals surface area contributed by atoms with Crippen molar-refractivity contribution >= 4 is 31.6 Å². The van der Waals surface area contributed by atoms with Crippen LogP contribution in [0.15, 0.2) is 45.8 Å². The smallest absolute Gasteiger partial charge is 0.263 e. The Morgan fingerprint density at radius 2 is 1.95 bits per heavy atom. The van der Waals surface area contributed by atoms with Gasteiger partial charge in [-0.15, -0.1) is 0 Å². The summed E-state index contributed by atoms with van der Waals surface area (Å²) in [4.78, 5) is 0.0154. The number of aryl methyl sites for hydroxylation is 1. The highest BCUT2D eigenvalue weighted by atomic mass is 79.9. The Labute approximate surface area is 130 Å². The second-order valence-corrected chi connectivity index (χ2v) is 7.05. The standard InChI is InChI=1S/C14H13BrFNO3S/c1-9-4-11(16)7-12(5-9)17-21(19,20)14-3-2-10(8-18)6-13(14)15/h2-7,17-18H,8H2,1H3. The van der Waals surface area contributed by atoms with Crippen LogP contribution in [0.5, 0.6) is 0 Å². The summed E-state index contributed by atoms with van der Waals surface area (Å²) in [6.45, 7) is 1.49. The van der Waals surface area contributed by atoms with E-state index in [4.69, 9.17) is 5.11 Å². The summed E-state index contributed by atoms with van der Waals surface area (Å²) in [5.41, 5.74) is 1.36. The Hall–Kier alpha value is -1.44. The number of halogens is 2. The lowest BCUT2D eigenvalue weighted by molar-refractivity contribution is 0.281. The fourth-order valence-electron chi connectivity index (χ4n) is 1.87. The zero-order valence-electron chi connectivity index (χ0n) is 11.1. The van der Waals surface area contributed by atoms with Gasteiger partial charge in [-0.25, -0.2) is 12.8 Å². The van der Waals surface area contributed by atoms with Crippen molar-refractivity contribution in [3.8, 4) is 0 Å². The minimum absolute atomic E-state index is 0.0154. The highest BCUT2D eigenvalue weighted by molar-refractivity contribution is 9.10. The van der Waals surface area contributed by atoms with E-state index in [1.807, 2.05) is 0 Å². The van der Waals surface area contributed by atoms with Gasteiger partial charge in [-0.05, 0) is 64.3 Å². The molecule has 0 fully saturated rings. The maximum Gasteiger partial charge on any atom is 0.263 e. The van der Waals surface area contributed by atoms with Gasteiger partial charge in [-0.2, -0.15) is 0 Å². The Morgan fingerprint density at radius 1 is 1.24 bits per heavy atom. The lowest BCUT2D eigenvalue weighted by Gasteiger charge is -2.11. The molecule has 2 rings (SSSR count). The normalized spacial score (nSPS) is 11.4. The molecule has 0 saturated heterocycles. The molecule has 2 aromatic rings. The first-order valence-electron chi connectivity index (χ1n) is 6.01. The van der Waals surface area contributed by atoms with E-state index in [-0.39, 0.29) is 17.2 Å². The molecular weight excluding hydrogens is 361 g/mol. The summed E-state index contributed by atoms with van der Waals surface area (Å²) in [6, 6.07) is 8.37. The molecule has 2 N–H and O–H groups in total. The van der Waals surface area contributed by atoms with Crippen LogP contribution < -0.4 is 4.72 Å². The average Bonchev–Trinajstić information content (AvgIpc) is 2.36. The zero-order valence-corrected chi connectivity index (χ0v) is 13.5. The predicted octanol–water partition coefficient (Wildman–Crippen LogP) is 3.19. The molecule has 0 aliphatic carbocycles. The van der Waals surface area contributed by atoms with Crippen LogP contribution in [0, 0.1) is 12.7 Å². The quantitative estimate of drug-likeness (QED) is 0.864. The van der Waals surface area contributed by atoms with Crippen molar-refractivity contribution in [2.45, 2.75) is 18.4 Å². The Bertz CT molecular complexity index is 758. The summed E-state index contributed by atoms with van der Waals surface area (Å²) in [5.74, 6) is -0.512. The molecule has 0 spiro atoms. The van der Waals surface area contributed by atoms with Gasteiger partial charge >= 0.3 is 0 Å².